The molecule has 2 heterocycles. The second-order valence-corrected chi connectivity index (χ2v) is 3.77. The fraction of sp³-hybridized carbons (Fsp3) is 0.545. The van der Waals surface area contributed by atoms with Gasteiger partial charge in [0.2, 0.25) is 0 Å². The summed E-state index contributed by atoms with van der Waals surface area (Å²) in [6.45, 7) is 4.71. The Labute approximate surface area is 90.0 Å². The summed E-state index contributed by atoms with van der Waals surface area (Å²) >= 11 is 0. The number of nitrogen functional groups attached to an aromatic ring is 1. The standard InChI is InChI=1S/C11H17N3O/c1-2-9-8-15-6-5-14(9)10-3-4-11(12)13-7-10/h3-4,7,9H,2,5-6,8H2,1H3,(H2,12,13). The molecular formula is C11H17N3O. The zero-order chi connectivity index (χ0) is 10.7. The van der Waals surface area contributed by atoms with Gasteiger partial charge in [0, 0.05) is 6.54 Å². The zero-order valence-electron chi connectivity index (χ0n) is 9.02. The molecule has 1 fully saturated rings. The number of pyridine rings is 1. The fourth-order valence-electron chi connectivity index (χ4n) is 1.90. The first-order valence-corrected chi connectivity index (χ1v) is 5.37. The highest BCUT2D eigenvalue weighted by Gasteiger charge is 2.21. The van der Waals surface area contributed by atoms with E-state index in [1.807, 2.05) is 18.3 Å². The van der Waals surface area contributed by atoms with Crippen molar-refractivity contribution >= 4 is 11.5 Å². The van der Waals surface area contributed by atoms with Gasteiger partial charge in [-0.15, -0.1) is 0 Å². The molecule has 0 radical (unpaired) electrons. The van der Waals surface area contributed by atoms with Gasteiger partial charge in [-0.3, -0.25) is 0 Å². The highest BCUT2D eigenvalue weighted by atomic mass is 16.5. The van der Waals surface area contributed by atoms with Crippen LogP contribution in [0.15, 0.2) is 18.3 Å². The fourth-order valence-corrected chi connectivity index (χ4v) is 1.90. The molecule has 0 aromatic carbocycles. The molecule has 0 bridgehead atoms. The molecule has 4 heteroatoms. The van der Waals surface area contributed by atoms with Gasteiger partial charge in [0.1, 0.15) is 5.82 Å². The molecule has 1 atom stereocenters. The largest absolute Gasteiger partial charge is 0.384 e. The molecule has 82 valence electrons. The van der Waals surface area contributed by atoms with Gasteiger partial charge < -0.3 is 15.4 Å². The number of hydrogen-bond acceptors (Lipinski definition) is 4. The molecule has 1 aliphatic heterocycles. The molecule has 0 saturated carbocycles. The highest BCUT2D eigenvalue weighted by Crippen LogP contribution is 2.20. The molecule has 1 saturated heterocycles. The number of morpholine rings is 1. The first-order chi connectivity index (χ1) is 7.31. The van der Waals surface area contributed by atoms with Crippen LogP contribution in [0.25, 0.3) is 0 Å². The predicted molar refractivity (Wildman–Crippen MR) is 60.9 cm³/mol. The van der Waals surface area contributed by atoms with E-state index >= 15 is 0 Å². The zero-order valence-corrected chi connectivity index (χ0v) is 9.02. The lowest BCUT2D eigenvalue weighted by Gasteiger charge is -2.36. The maximum absolute atomic E-state index is 5.57. The minimum Gasteiger partial charge on any atom is -0.384 e. The summed E-state index contributed by atoms with van der Waals surface area (Å²) < 4.78 is 5.46. The summed E-state index contributed by atoms with van der Waals surface area (Å²) in [5, 5.41) is 0. The number of nitrogens with two attached hydrogens (primary N) is 1. The molecule has 1 aromatic rings. The second-order valence-electron chi connectivity index (χ2n) is 3.77. The maximum atomic E-state index is 5.57. The number of ether oxygens (including phenoxy) is 1. The monoisotopic (exact) mass is 207 g/mol. The summed E-state index contributed by atoms with van der Waals surface area (Å²) in [7, 11) is 0. The Morgan fingerprint density at radius 3 is 3.13 bits per heavy atom. The summed E-state index contributed by atoms with van der Waals surface area (Å²) in [6, 6.07) is 4.33. The third-order valence-electron chi connectivity index (χ3n) is 2.80. The molecule has 1 unspecified atom stereocenters. The topological polar surface area (TPSA) is 51.4 Å². The van der Waals surface area contributed by atoms with Gasteiger partial charge in [0.25, 0.3) is 0 Å². The van der Waals surface area contributed by atoms with Crippen molar-refractivity contribution < 1.29 is 4.74 Å². The Kier molecular flexibility index (Phi) is 3.06. The molecule has 0 spiro atoms. The number of rotatable bonds is 2. The van der Waals surface area contributed by atoms with Crippen LogP contribution in [0.2, 0.25) is 0 Å². The lowest BCUT2D eigenvalue weighted by molar-refractivity contribution is 0.0930. The summed E-state index contributed by atoms with van der Waals surface area (Å²) in [5.74, 6) is 0.569. The van der Waals surface area contributed by atoms with Crippen molar-refractivity contribution in [3.05, 3.63) is 18.3 Å². The minimum atomic E-state index is 0.462. The van der Waals surface area contributed by atoms with Gasteiger partial charge in [0.15, 0.2) is 0 Å². The van der Waals surface area contributed by atoms with Crippen molar-refractivity contribution in [2.75, 3.05) is 30.4 Å². The van der Waals surface area contributed by atoms with Crippen LogP contribution in [0.3, 0.4) is 0 Å². The van der Waals surface area contributed by atoms with E-state index in [4.69, 9.17) is 10.5 Å². The summed E-state index contributed by atoms with van der Waals surface area (Å²) in [4.78, 5) is 6.46. The van der Waals surface area contributed by atoms with Crippen LogP contribution in [0.5, 0.6) is 0 Å². The van der Waals surface area contributed by atoms with Gasteiger partial charge in [-0.05, 0) is 18.6 Å². The van der Waals surface area contributed by atoms with Gasteiger partial charge in [-0.1, -0.05) is 6.92 Å². The first-order valence-electron chi connectivity index (χ1n) is 5.37. The van der Waals surface area contributed by atoms with Crippen molar-refractivity contribution in [1.29, 1.82) is 0 Å². The van der Waals surface area contributed by atoms with Crippen molar-refractivity contribution in [1.82, 2.24) is 4.98 Å². The summed E-state index contributed by atoms with van der Waals surface area (Å²) in [5.41, 5.74) is 6.71. The molecule has 15 heavy (non-hydrogen) atoms. The first kappa shape index (κ1) is 10.2. The minimum absolute atomic E-state index is 0.462. The van der Waals surface area contributed by atoms with Crippen molar-refractivity contribution in [3.63, 3.8) is 0 Å². The average Bonchev–Trinajstić information content (AvgIpc) is 2.30. The number of anilines is 2. The molecule has 0 amide bonds. The maximum Gasteiger partial charge on any atom is 0.123 e. The normalized spacial score (nSPS) is 21.7. The third-order valence-corrected chi connectivity index (χ3v) is 2.80. The van der Waals surface area contributed by atoms with Crippen LogP contribution in [-0.4, -0.2) is 30.8 Å². The predicted octanol–water partition coefficient (Wildman–Crippen LogP) is 1.28. The van der Waals surface area contributed by atoms with Crippen LogP contribution >= 0.6 is 0 Å². The molecule has 2 rings (SSSR count). The lowest BCUT2D eigenvalue weighted by atomic mass is 10.1. The third kappa shape index (κ3) is 2.21. The van der Waals surface area contributed by atoms with Crippen LogP contribution in [0.4, 0.5) is 11.5 Å². The van der Waals surface area contributed by atoms with Gasteiger partial charge >= 0.3 is 0 Å². The van der Waals surface area contributed by atoms with E-state index in [9.17, 15) is 0 Å². The molecule has 1 aromatic heterocycles. The van der Waals surface area contributed by atoms with E-state index < -0.39 is 0 Å². The van der Waals surface area contributed by atoms with E-state index in [-0.39, 0.29) is 0 Å². The number of nitrogens with zero attached hydrogens (tertiary/aromatic N) is 2. The Balaban J connectivity index is 2.16. The quantitative estimate of drug-likeness (QED) is 0.793. The van der Waals surface area contributed by atoms with E-state index in [0.29, 0.717) is 11.9 Å². The highest BCUT2D eigenvalue weighted by molar-refractivity contribution is 5.49. The SMILES string of the molecule is CCC1COCCN1c1ccc(N)nc1. The van der Waals surface area contributed by atoms with Crippen LogP contribution in [0.1, 0.15) is 13.3 Å². The number of hydrogen-bond donors (Lipinski definition) is 1. The molecule has 1 aliphatic rings. The van der Waals surface area contributed by atoms with E-state index in [1.165, 1.54) is 0 Å². The molecular weight excluding hydrogens is 190 g/mol. The van der Waals surface area contributed by atoms with Crippen LogP contribution in [-0.2, 0) is 4.74 Å². The van der Waals surface area contributed by atoms with E-state index in [1.54, 1.807) is 0 Å². The molecule has 2 N–H and O–H groups in total. The smallest absolute Gasteiger partial charge is 0.123 e. The van der Waals surface area contributed by atoms with E-state index in [0.717, 1.165) is 31.9 Å². The summed E-state index contributed by atoms with van der Waals surface area (Å²) in [6.07, 6.45) is 2.92. The van der Waals surface area contributed by atoms with Crippen molar-refractivity contribution in [2.45, 2.75) is 19.4 Å². The molecule has 4 nitrogen and oxygen atoms in total. The Morgan fingerprint density at radius 2 is 2.47 bits per heavy atom. The van der Waals surface area contributed by atoms with Crippen LogP contribution < -0.4 is 10.6 Å². The van der Waals surface area contributed by atoms with Crippen LogP contribution in [0, 0.1) is 0 Å². The molecule has 0 aliphatic carbocycles. The Morgan fingerprint density at radius 1 is 1.60 bits per heavy atom. The Bertz CT molecular complexity index is 312. The second kappa shape index (κ2) is 4.49. The van der Waals surface area contributed by atoms with Gasteiger partial charge in [0.05, 0.1) is 31.1 Å². The van der Waals surface area contributed by atoms with Crippen molar-refractivity contribution in [3.8, 4) is 0 Å². The van der Waals surface area contributed by atoms with E-state index in [2.05, 4.69) is 16.8 Å². The lowest BCUT2D eigenvalue weighted by Crippen LogP contribution is -2.45. The number of aromatic nitrogens is 1. The Hall–Kier alpha value is -1.29. The van der Waals surface area contributed by atoms with Gasteiger partial charge in [-0.2, -0.15) is 0 Å². The van der Waals surface area contributed by atoms with Gasteiger partial charge in [-0.25, -0.2) is 4.98 Å². The van der Waals surface area contributed by atoms with Crippen molar-refractivity contribution in [2.24, 2.45) is 0 Å². The average molecular weight is 207 g/mol.